The van der Waals surface area contributed by atoms with E-state index in [0.29, 0.717) is 13.0 Å². The number of hydrogen-bond acceptors (Lipinski definition) is 4. The summed E-state index contributed by atoms with van der Waals surface area (Å²) in [6.07, 6.45) is -0.953. The molecule has 0 radical (unpaired) electrons. The van der Waals surface area contributed by atoms with Crippen molar-refractivity contribution < 1.29 is 19.8 Å². The zero-order chi connectivity index (χ0) is 13.8. The van der Waals surface area contributed by atoms with Crippen molar-refractivity contribution in [1.29, 1.82) is 0 Å². The predicted octanol–water partition coefficient (Wildman–Crippen LogP) is -0.167. The summed E-state index contributed by atoms with van der Waals surface area (Å²) in [7, 11) is 0. The first kappa shape index (κ1) is 13.4. The largest absolute Gasteiger partial charge is 0.479 e. The molecule has 1 heterocycles. The second-order valence-electron chi connectivity index (χ2n) is 4.54. The van der Waals surface area contributed by atoms with Gasteiger partial charge in [-0.15, -0.1) is 0 Å². The maximum atomic E-state index is 11.9. The molecule has 0 aromatic heterocycles. The van der Waals surface area contributed by atoms with Crippen LogP contribution in [0.3, 0.4) is 0 Å². The Bertz CT molecular complexity index is 489. The number of aliphatic carboxylic acids is 1. The average molecular weight is 264 g/mol. The number of para-hydroxylation sites is 1. The number of carbonyl (C=O) groups excluding carboxylic acids is 1. The van der Waals surface area contributed by atoms with Crippen molar-refractivity contribution in [2.75, 3.05) is 18.4 Å². The third-order valence-electron chi connectivity index (χ3n) is 3.15. The number of amides is 1. The fraction of sp³-hybridized carbons (Fsp3) is 0.385. The first-order valence-corrected chi connectivity index (χ1v) is 6.08. The van der Waals surface area contributed by atoms with E-state index in [2.05, 4.69) is 10.6 Å². The lowest BCUT2D eigenvalue weighted by molar-refractivity contribution is -0.146. The Morgan fingerprint density at radius 2 is 2.16 bits per heavy atom. The van der Waals surface area contributed by atoms with Crippen LogP contribution in [0.5, 0.6) is 0 Å². The van der Waals surface area contributed by atoms with E-state index in [9.17, 15) is 9.59 Å². The van der Waals surface area contributed by atoms with E-state index in [1.807, 2.05) is 24.3 Å². The lowest BCUT2D eigenvalue weighted by Crippen LogP contribution is -2.42. The number of benzene rings is 1. The van der Waals surface area contributed by atoms with Crippen LogP contribution in [-0.2, 0) is 16.0 Å². The molecule has 2 rings (SSSR count). The van der Waals surface area contributed by atoms with Crippen molar-refractivity contribution in [3.05, 3.63) is 29.8 Å². The molecule has 1 aromatic rings. The van der Waals surface area contributed by atoms with Gasteiger partial charge in [-0.25, -0.2) is 4.79 Å². The van der Waals surface area contributed by atoms with E-state index in [1.54, 1.807) is 0 Å². The zero-order valence-electron chi connectivity index (χ0n) is 10.3. The van der Waals surface area contributed by atoms with Gasteiger partial charge in [0.25, 0.3) is 0 Å². The van der Waals surface area contributed by atoms with Crippen LogP contribution in [0.4, 0.5) is 5.69 Å². The molecule has 0 spiro atoms. The van der Waals surface area contributed by atoms with Crippen molar-refractivity contribution >= 4 is 17.6 Å². The third kappa shape index (κ3) is 3.23. The van der Waals surface area contributed by atoms with Crippen LogP contribution in [0.15, 0.2) is 24.3 Å². The van der Waals surface area contributed by atoms with Gasteiger partial charge in [0.05, 0.1) is 12.5 Å². The maximum absolute atomic E-state index is 11.9. The van der Waals surface area contributed by atoms with Crippen LogP contribution in [0.2, 0.25) is 0 Å². The standard InChI is InChI=1S/C13H16N2O4/c16-11(13(18)19)7-15-12(17)9-5-8-3-1-2-4-10(8)14-6-9/h1-4,9,11,14,16H,5-7H2,(H,15,17)(H,18,19). The van der Waals surface area contributed by atoms with Gasteiger partial charge in [0.1, 0.15) is 0 Å². The molecule has 2 atom stereocenters. The quantitative estimate of drug-likeness (QED) is 0.605. The molecule has 1 amide bonds. The Morgan fingerprint density at radius 1 is 1.42 bits per heavy atom. The minimum atomic E-state index is -1.56. The molecule has 1 aliphatic rings. The molecule has 0 fully saturated rings. The van der Waals surface area contributed by atoms with Gasteiger partial charge in [-0.1, -0.05) is 18.2 Å². The third-order valence-corrected chi connectivity index (χ3v) is 3.15. The number of hydrogen-bond donors (Lipinski definition) is 4. The fourth-order valence-corrected chi connectivity index (χ4v) is 2.06. The van der Waals surface area contributed by atoms with Crippen LogP contribution in [0.25, 0.3) is 0 Å². The number of carbonyl (C=O) groups is 2. The summed E-state index contributed by atoms with van der Waals surface area (Å²) in [5.74, 6) is -1.84. The van der Waals surface area contributed by atoms with Crippen LogP contribution < -0.4 is 10.6 Å². The number of nitrogens with one attached hydrogen (secondary N) is 2. The Balaban J connectivity index is 1.90. The first-order valence-electron chi connectivity index (χ1n) is 6.08. The highest BCUT2D eigenvalue weighted by molar-refractivity contribution is 5.81. The Kier molecular flexibility index (Phi) is 4.01. The molecule has 6 heteroatoms. The van der Waals surface area contributed by atoms with Crippen molar-refractivity contribution in [3.8, 4) is 0 Å². The molecule has 2 unspecified atom stereocenters. The van der Waals surface area contributed by atoms with E-state index in [4.69, 9.17) is 10.2 Å². The minimum absolute atomic E-state index is 0.248. The zero-order valence-corrected chi connectivity index (χ0v) is 10.3. The summed E-state index contributed by atoms with van der Waals surface area (Å²) in [4.78, 5) is 22.3. The number of carboxylic acids is 1. The topological polar surface area (TPSA) is 98.7 Å². The van der Waals surface area contributed by atoms with Gasteiger partial charge in [-0.2, -0.15) is 0 Å². The Labute approximate surface area is 110 Å². The predicted molar refractivity (Wildman–Crippen MR) is 68.8 cm³/mol. The summed E-state index contributed by atoms with van der Waals surface area (Å²) in [6, 6.07) is 7.75. The fourth-order valence-electron chi connectivity index (χ4n) is 2.06. The SMILES string of the molecule is O=C(O)C(O)CNC(=O)C1CNc2ccccc2C1. The van der Waals surface area contributed by atoms with Gasteiger partial charge in [0.15, 0.2) is 6.10 Å². The van der Waals surface area contributed by atoms with E-state index >= 15 is 0 Å². The number of aliphatic hydroxyl groups excluding tert-OH is 1. The highest BCUT2D eigenvalue weighted by Crippen LogP contribution is 2.24. The monoisotopic (exact) mass is 264 g/mol. The van der Waals surface area contributed by atoms with Crippen LogP contribution in [-0.4, -0.2) is 41.3 Å². The normalized spacial score (nSPS) is 18.9. The average Bonchev–Trinajstić information content (AvgIpc) is 2.43. The van der Waals surface area contributed by atoms with Crippen molar-refractivity contribution in [1.82, 2.24) is 5.32 Å². The van der Waals surface area contributed by atoms with Gasteiger partial charge in [-0.05, 0) is 18.1 Å². The van der Waals surface area contributed by atoms with E-state index in [-0.39, 0.29) is 18.4 Å². The first-order chi connectivity index (χ1) is 9.08. The summed E-state index contributed by atoms with van der Waals surface area (Å²) in [5, 5.41) is 23.2. The number of aliphatic hydroxyl groups is 1. The summed E-state index contributed by atoms with van der Waals surface area (Å²) >= 11 is 0. The Morgan fingerprint density at radius 3 is 2.89 bits per heavy atom. The Hall–Kier alpha value is -2.08. The van der Waals surface area contributed by atoms with Crippen LogP contribution >= 0.6 is 0 Å². The van der Waals surface area contributed by atoms with E-state index in [0.717, 1.165) is 11.3 Å². The van der Waals surface area contributed by atoms with Crippen LogP contribution in [0.1, 0.15) is 5.56 Å². The second-order valence-corrected chi connectivity index (χ2v) is 4.54. The summed E-state index contributed by atoms with van der Waals surface area (Å²) in [5.41, 5.74) is 2.09. The number of fused-ring (bicyclic) bond motifs is 1. The lowest BCUT2D eigenvalue weighted by Gasteiger charge is -2.25. The molecule has 1 aliphatic heterocycles. The molecular weight excluding hydrogens is 248 g/mol. The molecule has 0 saturated heterocycles. The highest BCUT2D eigenvalue weighted by atomic mass is 16.4. The molecule has 0 saturated carbocycles. The van der Waals surface area contributed by atoms with Crippen molar-refractivity contribution in [3.63, 3.8) is 0 Å². The van der Waals surface area contributed by atoms with Gasteiger partial charge < -0.3 is 20.8 Å². The van der Waals surface area contributed by atoms with Crippen molar-refractivity contribution in [2.45, 2.75) is 12.5 Å². The van der Waals surface area contributed by atoms with Gasteiger partial charge in [0, 0.05) is 12.2 Å². The van der Waals surface area contributed by atoms with Crippen LogP contribution in [0, 0.1) is 5.92 Å². The maximum Gasteiger partial charge on any atom is 0.334 e. The molecule has 0 aliphatic carbocycles. The van der Waals surface area contributed by atoms with Gasteiger partial charge >= 0.3 is 5.97 Å². The van der Waals surface area contributed by atoms with E-state index in [1.165, 1.54) is 0 Å². The molecule has 0 bridgehead atoms. The van der Waals surface area contributed by atoms with Crippen molar-refractivity contribution in [2.24, 2.45) is 5.92 Å². The molecular formula is C13H16N2O4. The number of carboxylic acid groups (broad SMARTS) is 1. The highest BCUT2D eigenvalue weighted by Gasteiger charge is 2.25. The van der Waals surface area contributed by atoms with Gasteiger partial charge in [0.2, 0.25) is 5.91 Å². The number of rotatable bonds is 4. The smallest absolute Gasteiger partial charge is 0.334 e. The minimum Gasteiger partial charge on any atom is -0.479 e. The summed E-state index contributed by atoms with van der Waals surface area (Å²) in [6.45, 7) is 0.234. The molecule has 19 heavy (non-hydrogen) atoms. The summed E-state index contributed by atoms with van der Waals surface area (Å²) < 4.78 is 0. The number of anilines is 1. The molecule has 1 aromatic carbocycles. The van der Waals surface area contributed by atoms with Gasteiger partial charge in [-0.3, -0.25) is 4.79 Å². The second kappa shape index (κ2) is 5.71. The molecule has 4 N–H and O–H groups in total. The van der Waals surface area contributed by atoms with E-state index < -0.39 is 12.1 Å². The lowest BCUT2D eigenvalue weighted by atomic mass is 9.93. The molecule has 102 valence electrons. The molecule has 6 nitrogen and oxygen atoms in total.